The summed E-state index contributed by atoms with van der Waals surface area (Å²) in [5.41, 5.74) is 0.723. The number of pyridine rings is 1. The maximum absolute atomic E-state index is 10.5. The molecule has 0 saturated heterocycles. The van der Waals surface area contributed by atoms with Crippen LogP contribution in [0.2, 0.25) is 5.02 Å². The lowest BCUT2D eigenvalue weighted by atomic mass is 9.91. The molecule has 0 bridgehead atoms. The fourth-order valence-electron chi connectivity index (χ4n) is 1.77. The second-order valence-corrected chi connectivity index (χ2v) is 5.78. The minimum absolute atomic E-state index is 0.460. The standard InChI is InChI=1S/C14H13BrClNO/c1-14(18,10-2-5-12(16)6-3-10)8-13-7-4-11(15)9-17-13/h2-7,9,18H,8H2,1H3. The Kier molecular flexibility index (Phi) is 4.05. The number of rotatable bonds is 3. The first-order chi connectivity index (χ1) is 8.47. The van der Waals surface area contributed by atoms with Crippen LogP contribution in [-0.4, -0.2) is 10.1 Å². The first kappa shape index (κ1) is 13.5. The summed E-state index contributed by atoms with van der Waals surface area (Å²) in [5.74, 6) is 0. The highest BCUT2D eigenvalue weighted by molar-refractivity contribution is 9.10. The van der Waals surface area contributed by atoms with E-state index >= 15 is 0 Å². The van der Waals surface area contributed by atoms with Crippen LogP contribution >= 0.6 is 27.5 Å². The Morgan fingerprint density at radius 3 is 2.44 bits per heavy atom. The molecule has 1 N–H and O–H groups in total. The molecular weight excluding hydrogens is 314 g/mol. The highest BCUT2D eigenvalue weighted by atomic mass is 79.9. The van der Waals surface area contributed by atoms with Crippen molar-refractivity contribution in [3.8, 4) is 0 Å². The molecule has 0 aliphatic heterocycles. The lowest BCUT2D eigenvalue weighted by Crippen LogP contribution is -2.24. The van der Waals surface area contributed by atoms with E-state index in [4.69, 9.17) is 11.6 Å². The van der Waals surface area contributed by atoms with E-state index in [-0.39, 0.29) is 0 Å². The normalized spacial score (nSPS) is 14.2. The molecule has 0 spiro atoms. The van der Waals surface area contributed by atoms with Gasteiger partial charge in [0.25, 0.3) is 0 Å². The summed E-state index contributed by atoms with van der Waals surface area (Å²) < 4.78 is 0.928. The van der Waals surface area contributed by atoms with Gasteiger partial charge >= 0.3 is 0 Å². The Hall–Kier alpha value is -0.900. The predicted octanol–water partition coefficient (Wildman–Crippen LogP) is 3.95. The molecule has 0 amide bonds. The largest absolute Gasteiger partial charge is 0.385 e. The molecule has 0 aliphatic rings. The molecule has 0 fully saturated rings. The van der Waals surface area contributed by atoms with Gasteiger partial charge in [-0.25, -0.2) is 0 Å². The van der Waals surface area contributed by atoms with Crippen molar-refractivity contribution in [2.45, 2.75) is 18.9 Å². The van der Waals surface area contributed by atoms with Gasteiger partial charge in [0, 0.05) is 27.8 Å². The third kappa shape index (κ3) is 3.31. The maximum Gasteiger partial charge on any atom is 0.0923 e. The van der Waals surface area contributed by atoms with Gasteiger partial charge in [0.1, 0.15) is 0 Å². The van der Waals surface area contributed by atoms with Crippen molar-refractivity contribution < 1.29 is 5.11 Å². The Balaban J connectivity index is 2.20. The van der Waals surface area contributed by atoms with Crippen LogP contribution in [0.1, 0.15) is 18.2 Å². The molecule has 1 aromatic heterocycles. The molecule has 0 saturated carbocycles. The third-order valence-corrected chi connectivity index (χ3v) is 3.50. The van der Waals surface area contributed by atoms with Gasteiger partial charge in [-0.2, -0.15) is 0 Å². The van der Waals surface area contributed by atoms with Gasteiger partial charge in [0.15, 0.2) is 0 Å². The van der Waals surface area contributed by atoms with Crippen LogP contribution in [-0.2, 0) is 12.0 Å². The quantitative estimate of drug-likeness (QED) is 0.926. The van der Waals surface area contributed by atoms with Gasteiger partial charge in [-0.3, -0.25) is 4.98 Å². The second kappa shape index (κ2) is 5.39. The summed E-state index contributed by atoms with van der Waals surface area (Å²) in [6.45, 7) is 1.78. The molecule has 1 unspecified atom stereocenters. The molecule has 0 aliphatic carbocycles. The van der Waals surface area contributed by atoms with Crippen LogP contribution in [0.25, 0.3) is 0 Å². The number of benzene rings is 1. The van der Waals surface area contributed by atoms with Crippen LogP contribution < -0.4 is 0 Å². The fourth-order valence-corrected chi connectivity index (χ4v) is 2.14. The molecule has 2 aromatic rings. The average molecular weight is 327 g/mol. The van der Waals surface area contributed by atoms with E-state index in [0.29, 0.717) is 11.4 Å². The van der Waals surface area contributed by atoms with Crippen molar-refractivity contribution in [2.75, 3.05) is 0 Å². The second-order valence-electron chi connectivity index (χ2n) is 4.43. The minimum Gasteiger partial charge on any atom is -0.385 e. The Labute approximate surface area is 120 Å². The number of hydrogen-bond acceptors (Lipinski definition) is 2. The topological polar surface area (TPSA) is 33.1 Å². The summed E-state index contributed by atoms with van der Waals surface area (Å²) in [4.78, 5) is 4.27. The SMILES string of the molecule is CC(O)(Cc1ccc(Br)cn1)c1ccc(Cl)cc1. The van der Waals surface area contributed by atoms with E-state index in [1.54, 1.807) is 25.3 Å². The smallest absolute Gasteiger partial charge is 0.0923 e. The van der Waals surface area contributed by atoms with E-state index < -0.39 is 5.60 Å². The Bertz CT molecular complexity index is 522. The van der Waals surface area contributed by atoms with Crippen molar-refractivity contribution in [3.05, 3.63) is 63.3 Å². The van der Waals surface area contributed by atoms with E-state index in [1.807, 2.05) is 24.3 Å². The third-order valence-electron chi connectivity index (χ3n) is 2.78. The van der Waals surface area contributed by atoms with Crippen LogP contribution in [0, 0.1) is 0 Å². The van der Waals surface area contributed by atoms with Crippen molar-refractivity contribution >= 4 is 27.5 Å². The van der Waals surface area contributed by atoms with Crippen LogP contribution in [0.4, 0.5) is 0 Å². The van der Waals surface area contributed by atoms with Crippen LogP contribution in [0.3, 0.4) is 0 Å². The van der Waals surface area contributed by atoms with Gasteiger partial charge in [-0.05, 0) is 52.7 Å². The maximum atomic E-state index is 10.5. The average Bonchev–Trinajstić information content (AvgIpc) is 2.32. The molecule has 94 valence electrons. The fraction of sp³-hybridized carbons (Fsp3) is 0.214. The van der Waals surface area contributed by atoms with Gasteiger partial charge < -0.3 is 5.11 Å². The summed E-state index contributed by atoms with van der Waals surface area (Å²) in [5, 5.41) is 11.2. The summed E-state index contributed by atoms with van der Waals surface area (Å²) in [6, 6.07) is 11.0. The lowest BCUT2D eigenvalue weighted by molar-refractivity contribution is 0.0566. The molecule has 1 aromatic carbocycles. The zero-order valence-corrected chi connectivity index (χ0v) is 12.2. The summed E-state index contributed by atoms with van der Waals surface area (Å²) >= 11 is 9.18. The molecule has 4 heteroatoms. The highest BCUT2D eigenvalue weighted by Crippen LogP contribution is 2.26. The van der Waals surface area contributed by atoms with E-state index in [2.05, 4.69) is 20.9 Å². The molecule has 18 heavy (non-hydrogen) atoms. The number of aliphatic hydroxyl groups is 1. The summed E-state index contributed by atoms with van der Waals surface area (Å²) in [6.07, 6.45) is 2.19. The zero-order valence-electron chi connectivity index (χ0n) is 9.90. The van der Waals surface area contributed by atoms with E-state index in [1.165, 1.54) is 0 Å². The number of hydrogen-bond donors (Lipinski definition) is 1. The van der Waals surface area contributed by atoms with Crippen LogP contribution in [0.5, 0.6) is 0 Å². The lowest BCUT2D eigenvalue weighted by Gasteiger charge is -2.23. The van der Waals surface area contributed by atoms with Crippen molar-refractivity contribution in [3.63, 3.8) is 0 Å². The number of aromatic nitrogens is 1. The minimum atomic E-state index is -0.953. The van der Waals surface area contributed by atoms with Gasteiger partial charge in [-0.1, -0.05) is 23.7 Å². The van der Waals surface area contributed by atoms with Crippen LogP contribution in [0.15, 0.2) is 47.1 Å². The molecule has 2 nitrogen and oxygen atoms in total. The zero-order chi connectivity index (χ0) is 13.2. The van der Waals surface area contributed by atoms with Gasteiger partial charge in [-0.15, -0.1) is 0 Å². The molecule has 1 atom stereocenters. The molecule has 2 rings (SSSR count). The number of nitrogens with zero attached hydrogens (tertiary/aromatic N) is 1. The number of halogens is 2. The molecule has 1 heterocycles. The first-order valence-electron chi connectivity index (χ1n) is 5.56. The van der Waals surface area contributed by atoms with Gasteiger partial charge in [0.2, 0.25) is 0 Å². The highest BCUT2D eigenvalue weighted by Gasteiger charge is 2.24. The summed E-state index contributed by atoms with van der Waals surface area (Å²) in [7, 11) is 0. The Morgan fingerprint density at radius 1 is 1.22 bits per heavy atom. The Morgan fingerprint density at radius 2 is 1.89 bits per heavy atom. The predicted molar refractivity (Wildman–Crippen MR) is 76.7 cm³/mol. The van der Waals surface area contributed by atoms with Crippen molar-refractivity contribution in [1.82, 2.24) is 4.98 Å². The van der Waals surface area contributed by atoms with Gasteiger partial charge in [0.05, 0.1) is 5.60 Å². The first-order valence-corrected chi connectivity index (χ1v) is 6.73. The van der Waals surface area contributed by atoms with E-state index in [9.17, 15) is 5.11 Å². The molecular formula is C14H13BrClNO. The monoisotopic (exact) mass is 325 g/mol. The molecule has 0 radical (unpaired) electrons. The van der Waals surface area contributed by atoms with E-state index in [0.717, 1.165) is 15.7 Å². The van der Waals surface area contributed by atoms with Crippen molar-refractivity contribution in [1.29, 1.82) is 0 Å². The van der Waals surface area contributed by atoms with Crippen molar-refractivity contribution in [2.24, 2.45) is 0 Å².